The topological polar surface area (TPSA) is 77.9 Å². The number of likely N-dealkylation sites (N-methyl/N-ethyl adjacent to an activating group) is 1. The second kappa shape index (κ2) is 9.90. The highest BCUT2D eigenvalue weighted by atomic mass is 35.5. The van der Waals surface area contributed by atoms with Crippen LogP contribution in [0.4, 0.5) is 18.9 Å². The lowest BCUT2D eigenvalue weighted by Gasteiger charge is -2.36. The van der Waals surface area contributed by atoms with Crippen molar-refractivity contribution in [2.75, 3.05) is 17.9 Å². The number of alkyl halides is 3. The molecule has 0 saturated heterocycles. The summed E-state index contributed by atoms with van der Waals surface area (Å²) in [7, 11) is -2.99. The molecule has 0 bridgehead atoms. The Kier molecular flexibility index (Phi) is 7.60. The van der Waals surface area contributed by atoms with Gasteiger partial charge in [0.25, 0.3) is 10.0 Å². The van der Waals surface area contributed by atoms with E-state index in [-0.39, 0.29) is 9.92 Å². The van der Waals surface area contributed by atoms with Crippen molar-refractivity contribution in [1.29, 1.82) is 0 Å². The number of benzene rings is 2. The molecule has 6 nitrogen and oxygen atoms in total. The highest BCUT2D eigenvalue weighted by Crippen LogP contribution is 2.37. The molecule has 0 spiro atoms. The zero-order valence-corrected chi connectivity index (χ0v) is 19.4. The zero-order chi connectivity index (χ0) is 24.4. The lowest BCUT2D eigenvalue weighted by Crippen LogP contribution is -2.50. The molecule has 1 saturated carbocycles. The lowest BCUT2D eigenvalue weighted by molar-refractivity contribution is -0.137. The number of sulfonamides is 1. The maximum Gasteiger partial charge on any atom is 0.416 e. The highest BCUT2D eigenvalue weighted by Gasteiger charge is 2.36. The van der Waals surface area contributed by atoms with E-state index in [0.29, 0.717) is 23.2 Å². The third-order valence-corrected chi connectivity index (χ3v) is 7.83. The Morgan fingerprint density at radius 2 is 1.76 bits per heavy atom. The van der Waals surface area contributed by atoms with E-state index in [4.69, 9.17) is 11.6 Å². The predicted molar refractivity (Wildman–Crippen MR) is 118 cm³/mol. The van der Waals surface area contributed by atoms with Crippen molar-refractivity contribution in [3.63, 3.8) is 0 Å². The quantitative estimate of drug-likeness (QED) is 0.635. The Hall–Kier alpha value is -2.30. The second-order valence-corrected chi connectivity index (χ2v) is 10.2. The Morgan fingerprint density at radius 1 is 1.12 bits per heavy atom. The van der Waals surface area contributed by atoms with Crippen LogP contribution in [0.5, 0.6) is 0 Å². The first kappa shape index (κ1) is 25.3. The van der Waals surface area contributed by atoms with Crippen molar-refractivity contribution in [1.82, 2.24) is 4.90 Å². The fourth-order valence-corrected chi connectivity index (χ4v) is 5.58. The number of carbonyl (C=O) groups is 1. The molecule has 2 unspecified atom stereocenters. The normalized spacial score (nSPS) is 19.2. The van der Waals surface area contributed by atoms with E-state index in [1.54, 1.807) is 6.07 Å². The van der Waals surface area contributed by atoms with Gasteiger partial charge < -0.3 is 10.0 Å². The summed E-state index contributed by atoms with van der Waals surface area (Å²) in [5, 5.41) is 10.0. The minimum atomic E-state index is -4.74. The van der Waals surface area contributed by atoms with Crippen LogP contribution in [-0.4, -0.2) is 50.1 Å². The van der Waals surface area contributed by atoms with Crippen LogP contribution in [-0.2, 0) is 21.0 Å². The molecule has 180 valence electrons. The molecule has 2 atom stereocenters. The fourth-order valence-electron chi connectivity index (χ4n) is 3.86. The molecule has 0 radical (unpaired) electrons. The lowest BCUT2D eigenvalue weighted by atomic mass is 9.91. The van der Waals surface area contributed by atoms with Gasteiger partial charge in [-0.1, -0.05) is 42.6 Å². The van der Waals surface area contributed by atoms with Crippen molar-refractivity contribution in [3.05, 3.63) is 59.1 Å². The van der Waals surface area contributed by atoms with E-state index < -0.39 is 52.0 Å². The molecule has 1 N–H and O–H groups in total. The number of halogens is 4. The van der Waals surface area contributed by atoms with Crippen molar-refractivity contribution in [3.8, 4) is 0 Å². The van der Waals surface area contributed by atoms with E-state index >= 15 is 0 Å². The molecule has 2 aromatic carbocycles. The van der Waals surface area contributed by atoms with Crippen LogP contribution in [0.3, 0.4) is 0 Å². The minimum absolute atomic E-state index is 0.202. The standard InChI is InChI=1S/C22H24ClF3N2O4S/c1-27(18-9-5-6-10-20(18)29)21(30)14-28(33(31,32)16-7-3-2-4-8-16)19-13-15(22(24,25)26)11-12-17(19)23/h2-4,7-8,11-13,18,20,29H,5-6,9-10,14H2,1H3. The number of carbonyl (C=O) groups excluding carboxylic acids is 1. The summed E-state index contributed by atoms with van der Waals surface area (Å²) in [6.45, 7) is -0.780. The van der Waals surface area contributed by atoms with Crippen LogP contribution in [0.1, 0.15) is 31.2 Å². The van der Waals surface area contributed by atoms with Gasteiger partial charge in [-0.2, -0.15) is 13.2 Å². The van der Waals surface area contributed by atoms with E-state index in [0.717, 1.165) is 25.0 Å². The maximum atomic E-state index is 13.4. The van der Waals surface area contributed by atoms with E-state index in [9.17, 15) is 31.5 Å². The van der Waals surface area contributed by atoms with Gasteiger partial charge >= 0.3 is 6.18 Å². The number of aliphatic hydroxyl groups is 1. The van der Waals surface area contributed by atoms with Gasteiger partial charge in [-0.3, -0.25) is 9.10 Å². The van der Waals surface area contributed by atoms with Gasteiger partial charge in [-0.05, 0) is 43.2 Å². The summed E-state index contributed by atoms with van der Waals surface area (Å²) in [5.41, 5.74) is -1.56. The summed E-state index contributed by atoms with van der Waals surface area (Å²) in [6.07, 6.45) is -2.84. The van der Waals surface area contributed by atoms with Gasteiger partial charge in [-0.25, -0.2) is 8.42 Å². The Morgan fingerprint density at radius 3 is 2.36 bits per heavy atom. The molecule has 11 heteroatoms. The average Bonchev–Trinajstić information content (AvgIpc) is 2.77. The van der Waals surface area contributed by atoms with E-state index in [2.05, 4.69) is 0 Å². The number of aliphatic hydroxyl groups excluding tert-OH is 1. The summed E-state index contributed by atoms with van der Waals surface area (Å²) in [5.74, 6) is -0.672. The third kappa shape index (κ3) is 5.62. The van der Waals surface area contributed by atoms with Crippen molar-refractivity contribution in [2.24, 2.45) is 0 Å². The van der Waals surface area contributed by atoms with Crippen LogP contribution in [0, 0.1) is 0 Å². The van der Waals surface area contributed by atoms with Crippen molar-refractivity contribution >= 4 is 33.2 Å². The number of hydrogen-bond donors (Lipinski definition) is 1. The summed E-state index contributed by atoms with van der Waals surface area (Å²) in [6, 6.07) is 8.87. The number of hydrogen-bond acceptors (Lipinski definition) is 4. The summed E-state index contributed by atoms with van der Waals surface area (Å²) >= 11 is 6.13. The monoisotopic (exact) mass is 504 g/mol. The van der Waals surface area contributed by atoms with Gasteiger partial charge in [0, 0.05) is 7.05 Å². The molecular weight excluding hydrogens is 481 g/mol. The van der Waals surface area contributed by atoms with Crippen LogP contribution < -0.4 is 4.31 Å². The van der Waals surface area contributed by atoms with Gasteiger partial charge in [0.2, 0.25) is 5.91 Å². The Balaban J connectivity index is 2.04. The van der Waals surface area contributed by atoms with Crippen LogP contribution in [0.25, 0.3) is 0 Å². The highest BCUT2D eigenvalue weighted by molar-refractivity contribution is 7.92. The number of amides is 1. The fraction of sp³-hybridized carbons (Fsp3) is 0.409. The first-order valence-corrected chi connectivity index (χ1v) is 12.1. The molecule has 1 aliphatic carbocycles. The first-order valence-electron chi connectivity index (χ1n) is 10.3. The summed E-state index contributed by atoms with van der Waals surface area (Å²) < 4.78 is 67.4. The van der Waals surface area contributed by atoms with Crippen molar-refractivity contribution in [2.45, 2.75) is 48.9 Å². The van der Waals surface area contributed by atoms with Crippen LogP contribution >= 0.6 is 11.6 Å². The first-order chi connectivity index (χ1) is 15.4. The number of anilines is 1. The SMILES string of the molecule is CN(C(=O)CN(c1cc(C(F)(F)F)ccc1Cl)S(=O)(=O)c1ccccc1)C1CCCCC1O. The average molecular weight is 505 g/mol. The maximum absolute atomic E-state index is 13.4. The van der Waals surface area contributed by atoms with Gasteiger partial charge in [-0.15, -0.1) is 0 Å². The predicted octanol–water partition coefficient (Wildman–Crippen LogP) is 4.32. The second-order valence-electron chi connectivity index (χ2n) is 7.91. The third-order valence-electron chi connectivity index (χ3n) is 5.74. The molecule has 1 fully saturated rings. The largest absolute Gasteiger partial charge is 0.416 e. The Bertz CT molecular complexity index is 1100. The number of nitrogens with zero attached hydrogens (tertiary/aromatic N) is 2. The molecule has 1 aliphatic rings. The summed E-state index contributed by atoms with van der Waals surface area (Å²) in [4.78, 5) is 14.1. The molecule has 0 heterocycles. The minimum Gasteiger partial charge on any atom is -0.391 e. The molecule has 0 aliphatic heterocycles. The van der Waals surface area contributed by atoms with E-state index in [1.165, 1.54) is 36.2 Å². The van der Waals surface area contributed by atoms with Gasteiger partial charge in [0.05, 0.1) is 33.3 Å². The number of rotatable bonds is 6. The van der Waals surface area contributed by atoms with Gasteiger partial charge in [0.1, 0.15) is 6.54 Å². The van der Waals surface area contributed by atoms with Crippen LogP contribution in [0.2, 0.25) is 5.02 Å². The molecule has 0 aromatic heterocycles. The molecular formula is C22H24ClF3N2O4S. The Labute approximate surface area is 195 Å². The van der Waals surface area contributed by atoms with Gasteiger partial charge in [0.15, 0.2) is 0 Å². The smallest absolute Gasteiger partial charge is 0.391 e. The molecule has 1 amide bonds. The molecule has 3 rings (SSSR count). The zero-order valence-electron chi connectivity index (χ0n) is 17.8. The molecule has 33 heavy (non-hydrogen) atoms. The van der Waals surface area contributed by atoms with Crippen molar-refractivity contribution < 1.29 is 31.5 Å². The van der Waals surface area contributed by atoms with Crippen LogP contribution in [0.15, 0.2) is 53.4 Å². The molecule has 2 aromatic rings. The van der Waals surface area contributed by atoms with E-state index in [1.807, 2.05) is 0 Å².